The number of para-hydroxylation sites is 2. The number of thioether (sulfide) groups is 1. The minimum Gasteiger partial charge on any atom is -0.486 e. The van der Waals surface area contributed by atoms with Crippen LogP contribution in [0, 0.1) is 0 Å². The minimum absolute atomic E-state index is 0.139. The van der Waals surface area contributed by atoms with Crippen LogP contribution in [0.15, 0.2) is 47.5 Å². The molecular weight excluding hydrogens is 402 g/mol. The molecule has 0 unspecified atom stereocenters. The molecule has 0 fully saturated rings. The first-order chi connectivity index (χ1) is 14.7. The number of hydrogen-bond acceptors (Lipinski definition) is 7. The Labute approximate surface area is 176 Å². The van der Waals surface area contributed by atoms with Crippen LogP contribution >= 0.6 is 11.8 Å². The average molecular weight is 421 g/mol. The molecule has 1 amide bonds. The first kappa shape index (κ1) is 18.7. The molecule has 0 saturated heterocycles. The number of anilines is 1. The highest BCUT2D eigenvalue weighted by molar-refractivity contribution is 8.00. The van der Waals surface area contributed by atoms with Gasteiger partial charge >= 0.3 is 0 Å². The number of aromatic nitrogens is 4. The van der Waals surface area contributed by atoms with E-state index in [1.54, 1.807) is 18.2 Å². The second-order valence-electron chi connectivity index (χ2n) is 6.73. The van der Waals surface area contributed by atoms with E-state index in [4.69, 9.17) is 14.5 Å². The van der Waals surface area contributed by atoms with Crippen LogP contribution in [0.4, 0.5) is 5.69 Å². The largest absolute Gasteiger partial charge is 0.486 e. The summed E-state index contributed by atoms with van der Waals surface area (Å²) in [4.78, 5) is 17.3. The summed E-state index contributed by atoms with van der Waals surface area (Å²) in [5.74, 6) is 2.25. The first-order valence-corrected chi connectivity index (χ1v) is 10.7. The molecule has 0 aliphatic carbocycles. The number of amides is 1. The van der Waals surface area contributed by atoms with Crippen molar-refractivity contribution in [1.29, 1.82) is 0 Å². The van der Waals surface area contributed by atoms with E-state index in [1.165, 1.54) is 11.8 Å². The van der Waals surface area contributed by atoms with Crippen molar-refractivity contribution in [3.8, 4) is 11.5 Å². The van der Waals surface area contributed by atoms with E-state index in [0.29, 0.717) is 41.1 Å². The van der Waals surface area contributed by atoms with E-state index in [9.17, 15) is 4.79 Å². The molecule has 1 N–H and O–H groups in total. The number of ether oxygens (including phenoxy) is 2. The molecule has 30 heavy (non-hydrogen) atoms. The van der Waals surface area contributed by atoms with Gasteiger partial charge < -0.3 is 14.8 Å². The molecule has 4 aromatic rings. The Morgan fingerprint density at radius 3 is 2.83 bits per heavy atom. The van der Waals surface area contributed by atoms with Crippen LogP contribution in [0.1, 0.15) is 12.7 Å². The normalized spacial score (nSPS) is 13.0. The summed E-state index contributed by atoms with van der Waals surface area (Å²) in [7, 11) is 0. The van der Waals surface area contributed by atoms with E-state index < -0.39 is 0 Å². The molecule has 2 aromatic carbocycles. The maximum Gasteiger partial charge on any atom is 0.234 e. The van der Waals surface area contributed by atoms with Gasteiger partial charge in [-0.15, -0.1) is 10.2 Å². The van der Waals surface area contributed by atoms with Gasteiger partial charge in [0, 0.05) is 18.2 Å². The Morgan fingerprint density at radius 2 is 1.97 bits per heavy atom. The van der Waals surface area contributed by atoms with E-state index in [-0.39, 0.29) is 11.7 Å². The van der Waals surface area contributed by atoms with Gasteiger partial charge in [0.15, 0.2) is 17.1 Å². The molecule has 3 heterocycles. The fraction of sp³-hybridized carbons (Fsp3) is 0.238. The van der Waals surface area contributed by atoms with E-state index in [1.807, 2.05) is 35.6 Å². The summed E-state index contributed by atoms with van der Waals surface area (Å²) in [6.45, 7) is 3.08. The third kappa shape index (κ3) is 3.41. The van der Waals surface area contributed by atoms with Gasteiger partial charge in [-0.1, -0.05) is 30.8 Å². The van der Waals surface area contributed by atoms with Gasteiger partial charge in [0.2, 0.25) is 5.91 Å². The molecule has 0 bridgehead atoms. The fourth-order valence-corrected chi connectivity index (χ4v) is 4.16. The number of carbonyl (C=O) groups is 1. The highest BCUT2D eigenvalue weighted by Crippen LogP contribution is 2.33. The number of fused-ring (bicyclic) bond motifs is 4. The van der Waals surface area contributed by atoms with Gasteiger partial charge in [0.05, 0.1) is 16.8 Å². The second-order valence-corrected chi connectivity index (χ2v) is 7.69. The topological polar surface area (TPSA) is 90.6 Å². The molecule has 9 heteroatoms. The van der Waals surface area contributed by atoms with Gasteiger partial charge in [-0.3, -0.25) is 9.20 Å². The van der Waals surface area contributed by atoms with Gasteiger partial charge in [-0.25, -0.2) is 4.98 Å². The standard InChI is InChI=1S/C21H19N5O3S/c1-2-18-24-25-20-21(23-14-5-3-4-6-15(14)26(18)20)30-12-19(27)22-13-7-8-16-17(11-13)29-10-9-28-16/h3-8,11H,2,9-10,12H2,1H3,(H,22,27). The van der Waals surface area contributed by atoms with Crippen molar-refractivity contribution in [2.45, 2.75) is 18.4 Å². The van der Waals surface area contributed by atoms with Crippen LogP contribution < -0.4 is 14.8 Å². The maximum atomic E-state index is 12.5. The predicted molar refractivity (Wildman–Crippen MR) is 114 cm³/mol. The summed E-state index contributed by atoms with van der Waals surface area (Å²) in [6.07, 6.45) is 0.754. The highest BCUT2D eigenvalue weighted by atomic mass is 32.2. The summed E-state index contributed by atoms with van der Waals surface area (Å²) in [6, 6.07) is 13.2. The number of nitrogens with one attached hydrogen (secondary N) is 1. The number of nitrogens with zero attached hydrogens (tertiary/aromatic N) is 4. The molecule has 152 valence electrons. The van der Waals surface area contributed by atoms with Crippen molar-refractivity contribution in [2.75, 3.05) is 24.3 Å². The van der Waals surface area contributed by atoms with E-state index in [2.05, 4.69) is 15.5 Å². The first-order valence-electron chi connectivity index (χ1n) is 9.68. The molecule has 0 radical (unpaired) electrons. The Morgan fingerprint density at radius 1 is 1.13 bits per heavy atom. The number of hydrogen-bond donors (Lipinski definition) is 1. The summed E-state index contributed by atoms with van der Waals surface area (Å²) < 4.78 is 13.1. The third-order valence-corrected chi connectivity index (χ3v) is 5.70. The zero-order valence-corrected chi connectivity index (χ0v) is 17.1. The van der Waals surface area contributed by atoms with Crippen LogP contribution in [0.2, 0.25) is 0 Å². The number of carbonyl (C=O) groups excluding carboxylic acids is 1. The van der Waals surface area contributed by atoms with Crippen molar-refractivity contribution >= 4 is 40.0 Å². The van der Waals surface area contributed by atoms with Gasteiger partial charge in [-0.2, -0.15) is 0 Å². The minimum atomic E-state index is -0.139. The predicted octanol–water partition coefficient (Wildman–Crippen LogP) is 3.34. The Bertz CT molecular complexity index is 1260. The smallest absolute Gasteiger partial charge is 0.234 e. The number of benzene rings is 2. The number of aryl methyl sites for hydroxylation is 1. The SMILES string of the molecule is CCc1nnc2c(SCC(=O)Nc3ccc4c(c3)OCCO4)nc3ccccc3n12. The number of rotatable bonds is 5. The third-order valence-electron chi connectivity index (χ3n) is 4.75. The van der Waals surface area contributed by atoms with Crippen LogP contribution in [-0.2, 0) is 11.2 Å². The lowest BCUT2D eigenvalue weighted by atomic mass is 10.2. The molecule has 0 saturated carbocycles. The molecule has 5 rings (SSSR count). The zero-order valence-electron chi connectivity index (χ0n) is 16.3. The van der Waals surface area contributed by atoms with E-state index >= 15 is 0 Å². The Hall–Kier alpha value is -3.33. The molecule has 8 nitrogen and oxygen atoms in total. The van der Waals surface area contributed by atoms with Crippen molar-refractivity contribution in [1.82, 2.24) is 19.6 Å². The average Bonchev–Trinajstić information content (AvgIpc) is 3.22. The van der Waals surface area contributed by atoms with Crippen molar-refractivity contribution in [3.63, 3.8) is 0 Å². The summed E-state index contributed by atoms with van der Waals surface area (Å²) in [5.41, 5.74) is 3.13. The Kier molecular flexibility index (Phi) is 4.88. The van der Waals surface area contributed by atoms with Crippen molar-refractivity contribution in [3.05, 3.63) is 48.3 Å². The lowest BCUT2D eigenvalue weighted by Crippen LogP contribution is -2.17. The van der Waals surface area contributed by atoms with Crippen molar-refractivity contribution in [2.24, 2.45) is 0 Å². The quantitative estimate of drug-likeness (QED) is 0.494. The molecule has 2 aromatic heterocycles. The second kappa shape index (κ2) is 7.83. The monoisotopic (exact) mass is 421 g/mol. The van der Waals surface area contributed by atoms with Gasteiger partial charge in [0.1, 0.15) is 24.1 Å². The summed E-state index contributed by atoms with van der Waals surface area (Å²) >= 11 is 1.34. The van der Waals surface area contributed by atoms with Crippen molar-refractivity contribution < 1.29 is 14.3 Å². The van der Waals surface area contributed by atoms with Gasteiger partial charge in [0.25, 0.3) is 0 Å². The molecule has 0 atom stereocenters. The maximum absolute atomic E-state index is 12.5. The van der Waals surface area contributed by atoms with Gasteiger partial charge in [-0.05, 0) is 24.3 Å². The van der Waals surface area contributed by atoms with Crippen LogP contribution in [0.5, 0.6) is 11.5 Å². The van der Waals surface area contributed by atoms with Crippen LogP contribution in [-0.4, -0.2) is 44.5 Å². The molecular formula is C21H19N5O3S. The summed E-state index contributed by atoms with van der Waals surface area (Å²) in [5, 5.41) is 12.2. The lowest BCUT2D eigenvalue weighted by Gasteiger charge is -2.19. The fourth-order valence-electron chi connectivity index (χ4n) is 3.39. The van der Waals surface area contributed by atoms with E-state index in [0.717, 1.165) is 23.3 Å². The molecule has 0 spiro atoms. The highest BCUT2D eigenvalue weighted by Gasteiger charge is 2.17. The van der Waals surface area contributed by atoms with Crippen LogP contribution in [0.25, 0.3) is 16.7 Å². The lowest BCUT2D eigenvalue weighted by molar-refractivity contribution is -0.113. The zero-order chi connectivity index (χ0) is 20.5. The molecule has 1 aliphatic rings. The van der Waals surface area contributed by atoms with Crippen LogP contribution in [0.3, 0.4) is 0 Å². The molecule has 1 aliphatic heterocycles. The Balaban J connectivity index is 1.37.